The van der Waals surface area contributed by atoms with Crippen LogP contribution in [0.2, 0.25) is 0 Å². The van der Waals surface area contributed by atoms with Crippen molar-refractivity contribution in [2.75, 3.05) is 7.05 Å². The minimum absolute atomic E-state index is 0.119. The highest BCUT2D eigenvalue weighted by atomic mass is 16.2. The first kappa shape index (κ1) is 4.85. The van der Waals surface area contributed by atoms with E-state index in [4.69, 9.17) is 0 Å². The molecule has 1 atom stereocenters. The van der Waals surface area contributed by atoms with Crippen molar-refractivity contribution in [1.29, 1.82) is 0 Å². The number of amides is 2. The molecule has 0 aromatic carbocycles. The quantitative estimate of drug-likeness (QED) is 0.463. The van der Waals surface area contributed by atoms with Crippen LogP contribution < -0.4 is 0 Å². The zero-order chi connectivity index (χ0) is 6.43. The molecular weight excluding hydrogens is 116 g/mol. The van der Waals surface area contributed by atoms with Crippen LogP contribution in [-0.2, 0) is 0 Å². The third-order valence-corrected chi connectivity index (χ3v) is 1.90. The number of rotatable bonds is 0. The normalized spacial score (nSPS) is 30.8. The summed E-state index contributed by atoms with van der Waals surface area (Å²) in [6.07, 6.45) is 5.21. The predicted molar refractivity (Wildman–Crippen MR) is 32.5 cm³/mol. The van der Waals surface area contributed by atoms with Gasteiger partial charge in [0, 0.05) is 19.7 Å². The van der Waals surface area contributed by atoms with Crippen molar-refractivity contribution < 1.29 is 4.79 Å². The molecule has 0 saturated carbocycles. The van der Waals surface area contributed by atoms with Crippen LogP contribution in [0, 0.1) is 0 Å². The van der Waals surface area contributed by atoms with Crippen molar-refractivity contribution in [3.05, 3.63) is 12.3 Å². The molecule has 3 heteroatoms. The van der Waals surface area contributed by atoms with E-state index < -0.39 is 0 Å². The molecule has 0 spiro atoms. The van der Waals surface area contributed by atoms with Gasteiger partial charge in [-0.2, -0.15) is 0 Å². The Labute approximate surface area is 53.5 Å². The highest BCUT2D eigenvalue weighted by Gasteiger charge is 2.41. The highest BCUT2D eigenvalue weighted by Crippen LogP contribution is 2.27. The molecule has 0 radical (unpaired) electrons. The van der Waals surface area contributed by atoms with E-state index >= 15 is 0 Å². The molecule has 1 unspecified atom stereocenters. The van der Waals surface area contributed by atoms with Crippen LogP contribution in [-0.4, -0.2) is 29.0 Å². The summed E-state index contributed by atoms with van der Waals surface area (Å²) in [6.45, 7) is 0. The van der Waals surface area contributed by atoms with Crippen LogP contribution in [0.25, 0.3) is 0 Å². The summed E-state index contributed by atoms with van der Waals surface area (Å²) < 4.78 is 0. The van der Waals surface area contributed by atoms with Gasteiger partial charge in [-0.15, -0.1) is 0 Å². The van der Waals surface area contributed by atoms with Gasteiger partial charge in [-0.25, -0.2) is 4.79 Å². The average Bonchev–Trinajstić information content (AvgIpc) is 2.30. The minimum Gasteiger partial charge on any atom is -0.306 e. The van der Waals surface area contributed by atoms with Gasteiger partial charge in [-0.05, 0) is 0 Å². The van der Waals surface area contributed by atoms with Crippen molar-refractivity contribution in [1.82, 2.24) is 9.80 Å². The van der Waals surface area contributed by atoms with Crippen LogP contribution in [0.4, 0.5) is 4.79 Å². The maximum absolute atomic E-state index is 10.8. The fourth-order valence-electron chi connectivity index (χ4n) is 1.30. The molecule has 3 nitrogen and oxygen atoms in total. The van der Waals surface area contributed by atoms with Crippen LogP contribution in [0.5, 0.6) is 0 Å². The van der Waals surface area contributed by atoms with Crippen molar-refractivity contribution in [3.8, 4) is 0 Å². The number of carbonyl (C=O) groups is 1. The van der Waals surface area contributed by atoms with Gasteiger partial charge in [0.25, 0.3) is 0 Å². The first-order valence-corrected chi connectivity index (χ1v) is 3.02. The Balaban J connectivity index is 2.21. The zero-order valence-corrected chi connectivity index (χ0v) is 5.24. The Bertz CT molecular complexity index is 187. The first-order valence-electron chi connectivity index (χ1n) is 3.02. The lowest BCUT2D eigenvalue weighted by molar-refractivity contribution is 0.0512. The number of hydrogen-bond donors (Lipinski definition) is 0. The van der Waals surface area contributed by atoms with Crippen molar-refractivity contribution in [3.63, 3.8) is 0 Å². The molecule has 1 fully saturated rings. The summed E-state index contributed by atoms with van der Waals surface area (Å²) in [5.74, 6) is 0. The lowest BCUT2D eigenvalue weighted by Crippen LogP contribution is -2.61. The average molecular weight is 124 g/mol. The van der Waals surface area contributed by atoms with Crippen molar-refractivity contribution in [2.24, 2.45) is 0 Å². The molecular formula is C6H8N2O. The number of fused-ring (bicyclic) bond motifs is 1. The molecule has 0 bridgehead atoms. The molecule has 0 N–H and O–H groups in total. The number of hydrogen-bond acceptors (Lipinski definition) is 1. The van der Waals surface area contributed by atoms with Gasteiger partial charge in [0.05, 0.1) is 0 Å². The van der Waals surface area contributed by atoms with Crippen LogP contribution in [0.1, 0.15) is 6.42 Å². The Morgan fingerprint density at radius 3 is 3.22 bits per heavy atom. The number of nitrogens with zero attached hydrogens (tertiary/aromatic N) is 2. The molecule has 2 amide bonds. The number of carbonyl (C=O) groups excluding carboxylic acids is 1. The molecule has 48 valence electrons. The molecule has 0 aromatic heterocycles. The van der Waals surface area contributed by atoms with E-state index in [9.17, 15) is 4.79 Å². The van der Waals surface area contributed by atoms with Crippen LogP contribution >= 0.6 is 0 Å². The SMILES string of the molecule is CN1C(=O)N2C=CCC12. The standard InChI is InChI=1S/C6H8N2O/c1-7-5-3-2-4-8(5)6(7)9/h2,4-5H,3H2,1H3. The second-order valence-corrected chi connectivity index (χ2v) is 2.40. The van der Waals surface area contributed by atoms with Gasteiger partial charge in [-0.1, -0.05) is 6.08 Å². The van der Waals surface area contributed by atoms with E-state index in [1.807, 2.05) is 19.3 Å². The summed E-state index contributed by atoms with van der Waals surface area (Å²) in [7, 11) is 1.83. The van der Waals surface area contributed by atoms with E-state index in [1.165, 1.54) is 0 Å². The molecule has 2 aliphatic heterocycles. The van der Waals surface area contributed by atoms with E-state index in [1.54, 1.807) is 9.80 Å². The molecule has 2 aliphatic rings. The summed E-state index contributed by atoms with van der Waals surface area (Å²) in [5, 5.41) is 0. The second-order valence-electron chi connectivity index (χ2n) is 2.40. The summed E-state index contributed by atoms with van der Waals surface area (Å²) >= 11 is 0. The summed E-state index contributed by atoms with van der Waals surface area (Å²) in [6, 6.07) is 0.119. The third-order valence-electron chi connectivity index (χ3n) is 1.90. The molecule has 1 saturated heterocycles. The van der Waals surface area contributed by atoms with Crippen LogP contribution in [0.3, 0.4) is 0 Å². The van der Waals surface area contributed by atoms with Crippen LogP contribution in [0.15, 0.2) is 12.3 Å². The van der Waals surface area contributed by atoms with E-state index in [-0.39, 0.29) is 6.03 Å². The van der Waals surface area contributed by atoms with Crippen molar-refractivity contribution >= 4 is 6.03 Å². The topological polar surface area (TPSA) is 23.6 Å². The maximum Gasteiger partial charge on any atom is 0.327 e. The molecule has 0 aliphatic carbocycles. The Morgan fingerprint density at radius 1 is 1.78 bits per heavy atom. The van der Waals surface area contributed by atoms with Gasteiger partial charge in [-0.3, -0.25) is 4.90 Å². The van der Waals surface area contributed by atoms with E-state index in [2.05, 4.69) is 0 Å². The molecule has 2 rings (SSSR count). The Kier molecular flexibility index (Phi) is 0.695. The largest absolute Gasteiger partial charge is 0.327 e. The molecule has 0 aromatic rings. The molecule has 2 heterocycles. The monoisotopic (exact) mass is 124 g/mol. The third kappa shape index (κ3) is 0.399. The van der Waals surface area contributed by atoms with Gasteiger partial charge in [0.1, 0.15) is 6.17 Å². The predicted octanol–water partition coefficient (Wildman–Crippen LogP) is 0.597. The first-order chi connectivity index (χ1) is 4.30. The van der Waals surface area contributed by atoms with Crippen molar-refractivity contribution in [2.45, 2.75) is 12.6 Å². The van der Waals surface area contributed by atoms with Gasteiger partial charge >= 0.3 is 6.03 Å². The van der Waals surface area contributed by atoms with Gasteiger partial charge in [0.2, 0.25) is 0 Å². The van der Waals surface area contributed by atoms with Gasteiger partial charge < -0.3 is 4.90 Å². The minimum atomic E-state index is 0.119. The zero-order valence-electron chi connectivity index (χ0n) is 5.24. The maximum atomic E-state index is 10.8. The number of urea groups is 1. The fraction of sp³-hybridized carbons (Fsp3) is 0.500. The Hall–Kier alpha value is -0.990. The highest BCUT2D eigenvalue weighted by molar-refractivity contribution is 5.82. The summed E-state index contributed by atoms with van der Waals surface area (Å²) in [5.41, 5.74) is 0. The second kappa shape index (κ2) is 1.29. The lowest BCUT2D eigenvalue weighted by atomic mass is 10.3. The Morgan fingerprint density at radius 2 is 2.56 bits per heavy atom. The lowest BCUT2D eigenvalue weighted by Gasteiger charge is -2.43. The summed E-state index contributed by atoms with van der Waals surface area (Å²) in [4.78, 5) is 14.3. The smallest absolute Gasteiger partial charge is 0.306 e. The van der Waals surface area contributed by atoms with E-state index in [0.717, 1.165) is 6.42 Å². The fourth-order valence-corrected chi connectivity index (χ4v) is 1.30. The van der Waals surface area contributed by atoms with Gasteiger partial charge in [0.15, 0.2) is 0 Å². The van der Waals surface area contributed by atoms with E-state index in [0.29, 0.717) is 6.17 Å². The molecule has 9 heavy (non-hydrogen) atoms.